The number of likely N-dealkylation sites (tertiary alicyclic amines) is 1. The molecule has 0 radical (unpaired) electrons. The number of guanidine groups is 1. The number of piperidine rings is 1. The molecule has 0 spiro atoms. The Morgan fingerprint density at radius 3 is 2.48 bits per heavy atom. The molecule has 176 valence electrons. The van der Waals surface area contributed by atoms with Gasteiger partial charge in [0.2, 0.25) is 0 Å². The van der Waals surface area contributed by atoms with Gasteiger partial charge in [-0.05, 0) is 36.5 Å². The number of aliphatic imine (C=N–C) groups is 1. The molecule has 2 heterocycles. The lowest BCUT2D eigenvalue weighted by Gasteiger charge is -2.33. The summed E-state index contributed by atoms with van der Waals surface area (Å²) in [6, 6.07) is 19.7. The van der Waals surface area contributed by atoms with Crippen molar-refractivity contribution in [3.63, 3.8) is 0 Å². The molecule has 1 aliphatic heterocycles. The van der Waals surface area contributed by atoms with E-state index in [0.29, 0.717) is 12.6 Å². The average molecular weight is 560 g/mol. The van der Waals surface area contributed by atoms with E-state index in [1.165, 1.54) is 16.7 Å². The van der Waals surface area contributed by atoms with Gasteiger partial charge in [0.25, 0.3) is 0 Å². The van der Waals surface area contributed by atoms with Crippen LogP contribution in [-0.4, -0.2) is 51.3 Å². The first-order valence-electron chi connectivity index (χ1n) is 11.5. The van der Waals surface area contributed by atoms with Crippen LogP contribution in [0.25, 0.3) is 0 Å². The van der Waals surface area contributed by atoms with Crippen LogP contribution in [0.2, 0.25) is 0 Å². The van der Waals surface area contributed by atoms with Crippen LogP contribution in [-0.2, 0) is 19.6 Å². The summed E-state index contributed by atoms with van der Waals surface area (Å²) in [4.78, 5) is 11.4. The highest BCUT2D eigenvalue weighted by molar-refractivity contribution is 14.0. The van der Waals surface area contributed by atoms with Crippen LogP contribution in [0.4, 0.5) is 0 Å². The Morgan fingerprint density at radius 1 is 1.00 bits per heavy atom. The van der Waals surface area contributed by atoms with Crippen molar-refractivity contribution in [2.45, 2.75) is 45.4 Å². The van der Waals surface area contributed by atoms with Crippen molar-refractivity contribution in [1.82, 2.24) is 30.3 Å². The number of benzene rings is 2. The van der Waals surface area contributed by atoms with Gasteiger partial charge in [-0.15, -0.1) is 24.0 Å². The van der Waals surface area contributed by atoms with Crippen molar-refractivity contribution >= 4 is 29.9 Å². The third-order valence-electron chi connectivity index (χ3n) is 5.74. The molecule has 7 nitrogen and oxygen atoms in total. The summed E-state index contributed by atoms with van der Waals surface area (Å²) >= 11 is 0. The van der Waals surface area contributed by atoms with E-state index in [1.807, 2.05) is 4.68 Å². The van der Waals surface area contributed by atoms with Crippen LogP contribution >= 0.6 is 24.0 Å². The summed E-state index contributed by atoms with van der Waals surface area (Å²) in [5, 5.41) is 11.2. The average Bonchev–Trinajstić information content (AvgIpc) is 3.33. The molecule has 4 rings (SSSR count). The van der Waals surface area contributed by atoms with Gasteiger partial charge in [0, 0.05) is 32.2 Å². The summed E-state index contributed by atoms with van der Waals surface area (Å²) < 4.78 is 1.83. The molecule has 1 fully saturated rings. The second kappa shape index (κ2) is 13.3. The predicted octanol–water partition coefficient (Wildman–Crippen LogP) is 3.66. The largest absolute Gasteiger partial charge is 0.357 e. The van der Waals surface area contributed by atoms with Crippen LogP contribution in [0, 0.1) is 0 Å². The molecule has 3 aromatic rings. The van der Waals surface area contributed by atoms with Gasteiger partial charge < -0.3 is 10.6 Å². The molecule has 0 amide bonds. The number of hydrogen-bond donors (Lipinski definition) is 2. The van der Waals surface area contributed by atoms with Crippen LogP contribution in [0.5, 0.6) is 0 Å². The highest BCUT2D eigenvalue weighted by atomic mass is 127. The molecule has 33 heavy (non-hydrogen) atoms. The third-order valence-corrected chi connectivity index (χ3v) is 5.74. The Morgan fingerprint density at radius 2 is 1.76 bits per heavy atom. The van der Waals surface area contributed by atoms with Gasteiger partial charge in [0.05, 0.1) is 13.1 Å². The summed E-state index contributed by atoms with van der Waals surface area (Å²) in [7, 11) is 0. The number of nitrogens with zero attached hydrogens (tertiary/aromatic N) is 5. The SMILES string of the molecule is CCNC(=NCc1cccc(Cn2cncn2)c1)NC1CCN(Cc2ccccc2)CC1.I. The second-order valence-corrected chi connectivity index (χ2v) is 8.29. The van der Waals surface area contributed by atoms with Crippen LogP contribution in [0.3, 0.4) is 0 Å². The van der Waals surface area contributed by atoms with Gasteiger partial charge >= 0.3 is 0 Å². The van der Waals surface area contributed by atoms with Crippen molar-refractivity contribution in [2.24, 2.45) is 4.99 Å². The number of halogens is 1. The van der Waals surface area contributed by atoms with E-state index in [9.17, 15) is 0 Å². The lowest BCUT2D eigenvalue weighted by Crippen LogP contribution is -2.48. The first kappa shape index (κ1) is 25.2. The van der Waals surface area contributed by atoms with E-state index in [4.69, 9.17) is 4.99 Å². The van der Waals surface area contributed by atoms with Crippen molar-refractivity contribution in [3.8, 4) is 0 Å². The maximum absolute atomic E-state index is 4.85. The highest BCUT2D eigenvalue weighted by Crippen LogP contribution is 2.14. The van der Waals surface area contributed by atoms with Gasteiger partial charge in [-0.3, -0.25) is 4.90 Å². The molecule has 2 N–H and O–H groups in total. The van der Waals surface area contributed by atoms with Gasteiger partial charge in [-0.1, -0.05) is 54.6 Å². The molecule has 0 unspecified atom stereocenters. The first-order valence-corrected chi connectivity index (χ1v) is 11.5. The Balaban J connectivity index is 0.00000306. The van der Waals surface area contributed by atoms with E-state index >= 15 is 0 Å². The maximum Gasteiger partial charge on any atom is 0.191 e. The van der Waals surface area contributed by atoms with E-state index in [1.54, 1.807) is 12.7 Å². The molecule has 0 aliphatic carbocycles. The minimum absolute atomic E-state index is 0. The van der Waals surface area contributed by atoms with Crippen LogP contribution < -0.4 is 10.6 Å². The zero-order chi connectivity index (χ0) is 22.0. The molecule has 8 heteroatoms. The Hall–Kier alpha value is -2.46. The van der Waals surface area contributed by atoms with Crippen molar-refractivity contribution in [1.29, 1.82) is 0 Å². The zero-order valence-electron chi connectivity index (χ0n) is 19.2. The van der Waals surface area contributed by atoms with E-state index in [2.05, 4.69) is 87.1 Å². The second-order valence-electron chi connectivity index (χ2n) is 8.29. The van der Waals surface area contributed by atoms with Crippen LogP contribution in [0.1, 0.15) is 36.5 Å². The Labute approximate surface area is 213 Å². The third kappa shape index (κ3) is 8.12. The van der Waals surface area contributed by atoms with Gasteiger partial charge in [0.15, 0.2) is 5.96 Å². The number of hydrogen-bond acceptors (Lipinski definition) is 4. The van der Waals surface area contributed by atoms with Crippen LogP contribution in [0.15, 0.2) is 72.2 Å². The van der Waals surface area contributed by atoms with E-state index in [-0.39, 0.29) is 24.0 Å². The van der Waals surface area contributed by atoms with Gasteiger partial charge in [-0.2, -0.15) is 5.10 Å². The lowest BCUT2D eigenvalue weighted by atomic mass is 10.0. The first-order chi connectivity index (χ1) is 15.8. The van der Waals surface area contributed by atoms with Gasteiger partial charge in [0.1, 0.15) is 12.7 Å². The quantitative estimate of drug-likeness (QED) is 0.251. The fourth-order valence-corrected chi connectivity index (χ4v) is 4.09. The molecule has 0 bridgehead atoms. The topological polar surface area (TPSA) is 70.4 Å². The monoisotopic (exact) mass is 559 g/mol. The standard InChI is InChI=1S/C25H33N7.HI/c1-2-27-25(28-16-22-9-6-10-23(15-22)18-32-20-26-19-29-32)30-24-11-13-31(14-12-24)17-21-7-4-3-5-8-21;/h3-10,15,19-20,24H,2,11-14,16-18H2,1H3,(H2,27,28,30);1H. The normalized spacial score (nSPS) is 15.1. The Kier molecular flexibility index (Phi) is 10.1. The lowest BCUT2D eigenvalue weighted by molar-refractivity contribution is 0.198. The van der Waals surface area contributed by atoms with Gasteiger partial charge in [-0.25, -0.2) is 14.7 Å². The Bertz CT molecular complexity index is 967. The zero-order valence-corrected chi connectivity index (χ0v) is 21.6. The fourth-order valence-electron chi connectivity index (χ4n) is 4.09. The van der Waals surface area contributed by atoms with E-state index in [0.717, 1.165) is 51.5 Å². The molecule has 0 atom stereocenters. The molecule has 0 saturated carbocycles. The molecule has 1 aliphatic rings. The number of aromatic nitrogens is 3. The smallest absolute Gasteiger partial charge is 0.191 e. The van der Waals surface area contributed by atoms with Crippen molar-refractivity contribution in [3.05, 3.63) is 83.9 Å². The predicted molar refractivity (Wildman–Crippen MR) is 144 cm³/mol. The van der Waals surface area contributed by atoms with Crippen molar-refractivity contribution in [2.75, 3.05) is 19.6 Å². The minimum atomic E-state index is 0. The summed E-state index contributed by atoms with van der Waals surface area (Å²) in [6.45, 7) is 7.58. The summed E-state index contributed by atoms with van der Waals surface area (Å²) in [5.41, 5.74) is 3.78. The highest BCUT2D eigenvalue weighted by Gasteiger charge is 2.20. The summed E-state index contributed by atoms with van der Waals surface area (Å²) in [5.74, 6) is 0.899. The maximum atomic E-state index is 4.85. The van der Waals surface area contributed by atoms with E-state index < -0.39 is 0 Å². The molecular formula is C25H34IN7. The summed E-state index contributed by atoms with van der Waals surface area (Å²) in [6.07, 6.45) is 5.56. The van der Waals surface area contributed by atoms with Crippen molar-refractivity contribution < 1.29 is 0 Å². The minimum Gasteiger partial charge on any atom is -0.357 e. The molecule has 1 aromatic heterocycles. The molecule has 1 saturated heterocycles. The fraction of sp³-hybridized carbons (Fsp3) is 0.400. The number of nitrogens with one attached hydrogen (secondary N) is 2. The molecular weight excluding hydrogens is 525 g/mol. The number of rotatable bonds is 8. The molecule has 2 aromatic carbocycles.